The van der Waals surface area contributed by atoms with Gasteiger partial charge in [-0.3, -0.25) is 0 Å². The molecule has 1 aliphatic rings. The Kier molecular flexibility index (Phi) is 6.61. The van der Waals surface area contributed by atoms with Crippen molar-refractivity contribution in [1.29, 1.82) is 0 Å². The Balaban J connectivity index is 2.21. The highest BCUT2D eigenvalue weighted by atomic mass is 16.5. The molecule has 1 aliphatic carbocycles. The molecular formula is C15H31NO2. The molecule has 0 aromatic carbocycles. The van der Waals surface area contributed by atoms with Crippen LogP contribution in [0.25, 0.3) is 0 Å². The molecule has 0 aromatic rings. The molecule has 1 saturated carbocycles. The molecule has 108 valence electrons. The topological polar surface area (TPSA) is 41.5 Å². The van der Waals surface area contributed by atoms with Gasteiger partial charge in [-0.25, -0.2) is 0 Å². The predicted molar refractivity (Wildman–Crippen MR) is 75.7 cm³/mol. The Morgan fingerprint density at radius 3 is 2.39 bits per heavy atom. The van der Waals surface area contributed by atoms with Crippen molar-refractivity contribution in [3.8, 4) is 0 Å². The molecule has 1 fully saturated rings. The van der Waals surface area contributed by atoms with Gasteiger partial charge in [-0.05, 0) is 44.4 Å². The molecule has 0 radical (unpaired) electrons. The van der Waals surface area contributed by atoms with Crippen molar-refractivity contribution < 1.29 is 9.84 Å². The van der Waals surface area contributed by atoms with Gasteiger partial charge in [0.15, 0.2) is 0 Å². The molecule has 1 unspecified atom stereocenters. The van der Waals surface area contributed by atoms with E-state index in [9.17, 15) is 5.11 Å². The average molecular weight is 257 g/mol. The van der Waals surface area contributed by atoms with Crippen LogP contribution in [0.3, 0.4) is 0 Å². The normalized spacial score (nSPS) is 28.3. The summed E-state index contributed by atoms with van der Waals surface area (Å²) in [7, 11) is 1.68. The number of hydrogen-bond donors (Lipinski definition) is 2. The summed E-state index contributed by atoms with van der Waals surface area (Å²) in [4.78, 5) is 0. The van der Waals surface area contributed by atoms with Crippen LogP contribution in [0.15, 0.2) is 0 Å². The maximum atomic E-state index is 10.2. The SMILES string of the molecule is COCCC(C)(O)CNC1CCC(C(C)C)CC1. The number of hydrogen-bond acceptors (Lipinski definition) is 3. The predicted octanol–water partition coefficient (Wildman–Crippen LogP) is 2.58. The molecule has 18 heavy (non-hydrogen) atoms. The Morgan fingerprint density at radius 2 is 1.89 bits per heavy atom. The molecule has 0 bridgehead atoms. The van der Waals surface area contributed by atoms with Crippen molar-refractivity contribution in [1.82, 2.24) is 5.32 Å². The van der Waals surface area contributed by atoms with Gasteiger partial charge in [-0.2, -0.15) is 0 Å². The van der Waals surface area contributed by atoms with Crippen molar-refractivity contribution in [2.75, 3.05) is 20.3 Å². The number of ether oxygens (including phenoxy) is 1. The standard InChI is InChI=1S/C15H31NO2/c1-12(2)13-5-7-14(8-6-13)16-11-15(3,17)9-10-18-4/h12-14,16-17H,5-11H2,1-4H3. The molecule has 0 amide bonds. The van der Waals surface area contributed by atoms with Crippen molar-refractivity contribution in [2.45, 2.75) is 64.5 Å². The second-order valence-electron chi connectivity index (χ2n) is 6.48. The molecule has 3 nitrogen and oxygen atoms in total. The molecule has 3 heteroatoms. The Morgan fingerprint density at radius 1 is 1.28 bits per heavy atom. The fourth-order valence-electron chi connectivity index (χ4n) is 2.76. The van der Waals surface area contributed by atoms with E-state index in [0.29, 0.717) is 25.6 Å². The largest absolute Gasteiger partial charge is 0.389 e. The van der Waals surface area contributed by atoms with Gasteiger partial charge >= 0.3 is 0 Å². The van der Waals surface area contributed by atoms with E-state index >= 15 is 0 Å². The third kappa shape index (κ3) is 5.68. The van der Waals surface area contributed by atoms with Crippen molar-refractivity contribution in [2.24, 2.45) is 11.8 Å². The molecule has 0 aliphatic heterocycles. The summed E-state index contributed by atoms with van der Waals surface area (Å²) < 4.78 is 5.02. The smallest absolute Gasteiger partial charge is 0.0765 e. The lowest BCUT2D eigenvalue weighted by atomic mass is 9.79. The minimum atomic E-state index is -0.648. The molecule has 1 rings (SSSR count). The highest BCUT2D eigenvalue weighted by Crippen LogP contribution is 2.29. The molecule has 0 saturated heterocycles. The van der Waals surface area contributed by atoms with Gasteiger partial charge in [-0.1, -0.05) is 13.8 Å². The van der Waals surface area contributed by atoms with Crippen molar-refractivity contribution >= 4 is 0 Å². The van der Waals surface area contributed by atoms with Crippen LogP contribution in [-0.2, 0) is 4.74 Å². The van der Waals surface area contributed by atoms with E-state index in [-0.39, 0.29) is 0 Å². The van der Waals surface area contributed by atoms with Gasteiger partial charge < -0.3 is 15.2 Å². The lowest BCUT2D eigenvalue weighted by Gasteiger charge is -2.33. The van der Waals surface area contributed by atoms with E-state index < -0.39 is 5.60 Å². The lowest BCUT2D eigenvalue weighted by Crippen LogP contribution is -2.44. The van der Waals surface area contributed by atoms with Crippen LogP contribution in [0.1, 0.15) is 52.9 Å². The summed E-state index contributed by atoms with van der Waals surface area (Å²) in [5.41, 5.74) is -0.648. The summed E-state index contributed by atoms with van der Waals surface area (Å²) in [6, 6.07) is 0.592. The zero-order valence-electron chi connectivity index (χ0n) is 12.5. The summed E-state index contributed by atoms with van der Waals surface area (Å²) in [6.45, 7) is 7.84. The van der Waals surface area contributed by atoms with Crippen LogP contribution in [0.4, 0.5) is 0 Å². The Hall–Kier alpha value is -0.120. The Bertz CT molecular complexity index is 221. The van der Waals surface area contributed by atoms with E-state index in [1.165, 1.54) is 25.7 Å². The zero-order chi connectivity index (χ0) is 13.6. The molecule has 0 aromatic heterocycles. The van der Waals surface area contributed by atoms with E-state index in [0.717, 1.165) is 11.8 Å². The number of methoxy groups -OCH3 is 1. The van der Waals surface area contributed by atoms with Gasteiger partial charge in [0, 0.05) is 32.7 Å². The van der Waals surface area contributed by atoms with E-state index in [2.05, 4.69) is 19.2 Å². The first-order valence-electron chi connectivity index (χ1n) is 7.39. The summed E-state index contributed by atoms with van der Waals surface area (Å²) in [5.74, 6) is 1.72. The zero-order valence-corrected chi connectivity index (χ0v) is 12.5. The van der Waals surface area contributed by atoms with Crippen LogP contribution in [0, 0.1) is 11.8 Å². The molecule has 0 spiro atoms. The van der Waals surface area contributed by atoms with Crippen LogP contribution in [0.5, 0.6) is 0 Å². The van der Waals surface area contributed by atoms with Crippen molar-refractivity contribution in [3.63, 3.8) is 0 Å². The molecule has 0 heterocycles. The first-order valence-corrected chi connectivity index (χ1v) is 7.39. The van der Waals surface area contributed by atoms with Crippen LogP contribution in [0.2, 0.25) is 0 Å². The molecule has 1 atom stereocenters. The maximum Gasteiger partial charge on any atom is 0.0765 e. The molecular weight excluding hydrogens is 226 g/mol. The lowest BCUT2D eigenvalue weighted by molar-refractivity contribution is 0.0210. The van der Waals surface area contributed by atoms with Gasteiger partial charge in [-0.15, -0.1) is 0 Å². The fourth-order valence-corrected chi connectivity index (χ4v) is 2.76. The second-order valence-corrected chi connectivity index (χ2v) is 6.48. The summed E-state index contributed by atoms with van der Waals surface area (Å²) >= 11 is 0. The van der Waals surface area contributed by atoms with Gasteiger partial charge in [0.1, 0.15) is 0 Å². The maximum absolute atomic E-state index is 10.2. The number of aliphatic hydroxyl groups is 1. The quantitative estimate of drug-likeness (QED) is 0.736. The first kappa shape index (κ1) is 15.9. The highest BCUT2D eigenvalue weighted by Gasteiger charge is 2.25. The van der Waals surface area contributed by atoms with Crippen LogP contribution in [-0.4, -0.2) is 37.0 Å². The average Bonchev–Trinajstić information content (AvgIpc) is 2.35. The third-order valence-corrected chi connectivity index (χ3v) is 4.33. The summed E-state index contributed by atoms with van der Waals surface area (Å²) in [5, 5.41) is 13.7. The second kappa shape index (κ2) is 7.46. The summed E-state index contributed by atoms with van der Waals surface area (Å²) in [6.07, 6.45) is 5.86. The van der Waals surface area contributed by atoms with Gasteiger partial charge in [0.25, 0.3) is 0 Å². The van der Waals surface area contributed by atoms with E-state index in [4.69, 9.17) is 4.74 Å². The monoisotopic (exact) mass is 257 g/mol. The van der Waals surface area contributed by atoms with Crippen molar-refractivity contribution in [3.05, 3.63) is 0 Å². The van der Waals surface area contributed by atoms with E-state index in [1.807, 2.05) is 6.92 Å². The Labute approximate surface area is 112 Å². The number of rotatable bonds is 7. The van der Waals surface area contributed by atoms with Crippen LogP contribution >= 0.6 is 0 Å². The molecule has 2 N–H and O–H groups in total. The first-order chi connectivity index (χ1) is 8.44. The van der Waals surface area contributed by atoms with Gasteiger partial charge in [0.2, 0.25) is 0 Å². The minimum Gasteiger partial charge on any atom is -0.389 e. The highest BCUT2D eigenvalue weighted by molar-refractivity contribution is 4.82. The van der Waals surface area contributed by atoms with Gasteiger partial charge in [0.05, 0.1) is 5.60 Å². The minimum absolute atomic E-state index is 0.592. The van der Waals surface area contributed by atoms with E-state index in [1.54, 1.807) is 7.11 Å². The third-order valence-electron chi connectivity index (χ3n) is 4.33. The number of nitrogens with one attached hydrogen (secondary N) is 1. The fraction of sp³-hybridized carbons (Fsp3) is 1.00. The van der Waals surface area contributed by atoms with Crippen LogP contribution < -0.4 is 5.32 Å².